The molecule has 36 valence electrons. The van der Waals surface area contributed by atoms with Gasteiger partial charge in [0.15, 0.2) is 0 Å². The van der Waals surface area contributed by atoms with Gasteiger partial charge in [-0.25, -0.2) is 4.98 Å². The van der Waals surface area contributed by atoms with E-state index in [0.29, 0.717) is 0 Å². The van der Waals surface area contributed by atoms with Crippen molar-refractivity contribution < 1.29 is 19.5 Å². The number of nitrogens with zero attached hydrogens (tertiary/aromatic N) is 1. The van der Waals surface area contributed by atoms with Crippen molar-refractivity contribution in [2.45, 2.75) is 0 Å². The Hall–Kier alpha value is 0.123. The Bertz CT molecular complexity index is 69.4. The van der Waals surface area contributed by atoms with Crippen molar-refractivity contribution in [3.63, 3.8) is 0 Å². The summed E-state index contributed by atoms with van der Waals surface area (Å²) in [5.41, 5.74) is 0. The van der Waals surface area contributed by atoms with Crippen LogP contribution in [0.1, 0.15) is 0 Å². The van der Waals surface area contributed by atoms with Crippen LogP contribution >= 0.6 is 12.4 Å². The molecule has 2 nitrogen and oxygen atoms in total. The molecule has 0 amide bonds. The topological polar surface area (TPSA) is 28.7 Å². The zero-order chi connectivity index (χ0) is 3.54. The number of H-pyrrole nitrogens is 1. The van der Waals surface area contributed by atoms with Gasteiger partial charge < -0.3 is 4.98 Å². The van der Waals surface area contributed by atoms with E-state index in [0.717, 1.165) is 0 Å². The molecule has 7 heavy (non-hydrogen) atoms. The smallest absolute Gasteiger partial charge is 0.0919 e. The molecule has 0 radical (unpaired) electrons. The van der Waals surface area contributed by atoms with Gasteiger partial charge in [-0.05, 0) is 0 Å². The predicted octanol–water partition coefficient (Wildman–Crippen LogP) is 0.829. The van der Waals surface area contributed by atoms with Crippen molar-refractivity contribution in [2.75, 3.05) is 0 Å². The van der Waals surface area contributed by atoms with Gasteiger partial charge in [0.1, 0.15) is 0 Å². The Balaban J connectivity index is 0. The first kappa shape index (κ1) is 10.2. The molecule has 0 fully saturated rings. The number of rotatable bonds is 0. The fourth-order valence-electron chi connectivity index (χ4n) is 0.215. The Kier molecular flexibility index (Phi) is 8.90. The van der Waals surface area contributed by atoms with E-state index in [1.165, 1.54) is 0 Å². The Morgan fingerprint density at radius 3 is 2.29 bits per heavy atom. The molecule has 0 aliphatic rings. The molecule has 0 aliphatic carbocycles. The summed E-state index contributed by atoms with van der Waals surface area (Å²) in [7, 11) is 0. The molecule has 0 unspecified atom stereocenters. The molecule has 1 rings (SSSR count). The third kappa shape index (κ3) is 3.97. The second-order valence-electron chi connectivity index (χ2n) is 0.761. The fourth-order valence-corrected chi connectivity index (χ4v) is 0.215. The van der Waals surface area contributed by atoms with Gasteiger partial charge in [-0.3, -0.25) is 0 Å². The summed E-state index contributed by atoms with van der Waals surface area (Å²) in [4.78, 5) is 6.42. The van der Waals surface area contributed by atoms with Crippen molar-refractivity contribution in [3.05, 3.63) is 18.7 Å². The molecule has 0 atom stereocenters. The molecule has 0 saturated carbocycles. The van der Waals surface area contributed by atoms with Crippen molar-refractivity contribution >= 4 is 12.4 Å². The first-order valence-corrected chi connectivity index (χ1v) is 1.43. The van der Waals surface area contributed by atoms with E-state index in [1.807, 2.05) is 0 Å². The molecule has 0 bridgehead atoms. The zero-order valence-electron chi connectivity index (χ0n) is 3.79. The van der Waals surface area contributed by atoms with Crippen LogP contribution in [0.4, 0.5) is 0 Å². The van der Waals surface area contributed by atoms with E-state index >= 15 is 0 Å². The normalized spacial score (nSPS) is 5.71. The van der Waals surface area contributed by atoms with E-state index in [2.05, 4.69) is 9.97 Å². The predicted molar refractivity (Wildman–Crippen MR) is 25.8 cm³/mol. The van der Waals surface area contributed by atoms with Gasteiger partial charge in [0.2, 0.25) is 0 Å². The summed E-state index contributed by atoms with van der Waals surface area (Å²) >= 11 is 0. The number of halogens is 1. The molecule has 0 aromatic carbocycles. The quantitative estimate of drug-likeness (QED) is 0.573. The number of aromatic amines is 1. The van der Waals surface area contributed by atoms with E-state index in [4.69, 9.17) is 0 Å². The number of hydrogen-bond donors (Lipinski definition) is 1. The molecule has 0 spiro atoms. The van der Waals surface area contributed by atoms with E-state index in [1.54, 1.807) is 18.7 Å². The summed E-state index contributed by atoms with van der Waals surface area (Å²) < 4.78 is 0. The minimum absolute atomic E-state index is 0. The monoisotopic (exact) mass is 168 g/mol. The van der Waals surface area contributed by atoms with E-state index in [9.17, 15) is 0 Å². The first-order chi connectivity index (χ1) is 2.50. The molecular weight excluding hydrogens is 165 g/mol. The third-order valence-corrected chi connectivity index (χ3v) is 0.406. The van der Waals surface area contributed by atoms with Crippen LogP contribution in [0.25, 0.3) is 0 Å². The van der Waals surface area contributed by atoms with Crippen LogP contribution in [0, 0.1) is 0 Å². The molecule has 1 aromatic heterocycles. The molecule has 4 heteroatoms. The molecule has 0 aliphatic heterocycles. The maximum Gasteiger partial charge on any atom is 0.0919 e. The largest absolute Gasteiger partial charge is 0.351 e. The number of hydrogen-bond acceptors (Lipinski definition) is 1. The van der Waals surface area contributed by atoms with Gasteiger partial charge in [0.25, 0.3) is 0 Å². The summed E-state index contributed by atoms with van der Waals surface area (Å²) in [5, 5.41) is 0. The molecule has 1 heterocycles. The molecule has 0 saturated heterocycles. The van der Waals surface area contributed by atoms with Crippen LogP contribution in [-0.2, 0) is 19.5 Å². The minimum atomic E-state index is 0. The Labute approximate surface area is 60.9 Å². The van der Waals surface area contributed by atoms with Crippen LogP contribution < -0.4 is 0 Å². The van der Waals surface area contributed by atoms with Gasteiger partial charge in [-0.1, -0.05) is 0 Å². The number of imidazole rings is 1. The van der Waals surface area contributed by atoms with Crippen molar-refractivity contribution in [1.29, 1.82) is 0 Å². The van der Waals surface area contributed by atoms with Crippen LogP contribution in [0.15, 0.2) is 18.7 Å². The van der Waals surface area contributed by atoms with Crippen LogP contribution in [0.3, 0.4) is 0 Å². The van der Waals surface area contributed by atoms with Gasteiger partial charge >= 0.3 is 0 Å². The van der Waals surface area contributed by atoms with Crippen molar-refractivity contribution in [2.24, 2.45) is 0 Å². The summed E-state index contributed by atoms with van der Waals surface area (Å²) in [6.45, 7) is 0. The average Bonchev–Trinajstić information content (AvgIpc) is 1.76. The summed E-state index contributed by atoms with van der Waals surface area (Å²) in [6.07, 6.45) is 5.08. The maximum atomic E-state index is 3.67. The summed E-state index contributed by atoms with van der Waals surface area (Å²) in [6, 6.07) is 0. The maximum absolute atomic E-state index is 3.67. The van der Waals surface area contributed by atoms with Crippen LogP contribution in [0.5, 0.6) is 0 Å². The second kappa shape index (κ2) is 6.12. The number of aromatic nitrogens is 2. The van der Waals surface area contributed by atoms with Gasteiger partial charge in [-0.15, -0.1) is 12.4 Å². The number of nitrogens with one attached hydrogen (secondary N) is 1. The zero-order valence-corrected chi connectivity index (χ0v) is 7.58. The average molecular weight is 170 g/mol. The van der Waals surface area contributed by atoms with Crippen LogP contribution in [-0.4, -0.2) is 9.97 Å². The molecule has 1 N–H and O–H groups in total. The third-order valence-electron chi connectivity index (χ3n) is 0.406. The molecular formula is C3H5ClN2Zn. The van der Waals surface area contributed by atoms with Gasteiger partial charge in [-0.2, -0.15) is 0 Å². The van der Waals surface area contributed by atoms with Crippen molar-refractivity contribution in [3.8, 4) is 0 Å². The Morgan fingerprint density at radius 2 is 2.14 bits per heavy atom. The minimum Gasteiger partial charge on any atom is -0.351 e. The van der Waals surface area contributed by atoms with Gasteiger partial charge in [0.05, 0.1) is 6.33 Å². The first-order valence-electron chi connectivity index (χ1n) is 1.43. The van der Waals surface area contributed by atoms with Crippen molar-refractivity contribution in [1.82, 2.24) is 9.97 Å². The SMILES string of the molecule is Cl.[Zn].c1c[nH]cn1. The van der Waals surface area contributed by atoms with E-state index < -0.39 is 0 Å². The Morgan fingerprint density at radius 1 is 1.43 bits per heavy atom. The summed E-state index contributed by atoms with van der Waals surface area (Å²) in [5.74, 6) is 0. The standard InChI is InChI=1S/C3H4N2.ClH.Zn/c1-2-5-3-4-1;;/h1-3H,(H,4,5);1H;. The second-order valence-corrected chi connectivity index (χ2v) is 0.761. The van der Waals surface area contributed by atoms with Crippen LogP contribution in [0.2, 0.25) is 0 Å². The fraction of sp³-hybridized carbons (Fsp3) is 0. The molecule has 1 aromatic rings. The van der Waals surface area contributed by atoms with Gasteiger partial charge in [0, 0.05) is 31.9 Å². The van der Waals surface area contributed by atoms with E-state index in [-0.39, 0.29) is 31.9 Å².